The molecule has 1 unspecified atom stereocenters. The van der Waals surface area contributed by atoms with E-state index in [2.05, 4.69) is 53.7 Å². The Kier molecular flexibility index (Phi) is 7.32. The minimum atomic E-state index is -1.44. The van der Waals surface area contributed by atoms with Gasteiger partial charge in [-0.2, -0.15) is 0 Å². The van der Waals surface area contributed by atoms with Crippen LogP contribution in [0.4, 0.5) is 0 Å². The summed E-state index contributed by atoms with van der Waals surface area (Å²) in [5.41, 5.74) is -1.82. The molecule has 4 aliphatic carbocycles. The lowest BCUT2D eigenvalue weighted by Gasteiger charge is -2.66. The van der Waals surface area contributed by atoms with E-state index in [0.29, 0.717) is 42.4 Å². The minimum Gasteiger partial charge on any atom is -0.459 e. The molecule has 0 aromatic rings. The molecule has 0 aromatic heterocycles. The van der Waals surface area contributed by atoms with Gasteiger partial charge < -0.3 is 20.1 Å². The molecule has 0 aliphatic heterocycles. The quantitative estimate of drug-likeness (QED) is 0.368. The van der Waals surface area contributed by atoms with Crippen molar-refractivity contribution in [2.45, 2.75) is 117 Å². The van der Waals surface area contributed by atoms with Crippen molar-refractivity contribution >= 4 is 5.97 Å². The van der Waals surface area contributed by atoms with Crippen molar-refractivity contribution in [3.8, 4) is 0 Å². The van der Waals surface area contributed by atoms with Crippen LogP contribution in [0.2, 0.25) is 0 Å². The zero-order valence-electron chi connectivity index (χ0n) is 23.0. The van der Waals surface area contributed by atoms with E-state index >= 15 is 0 Å². The highest BCUT2D eigenvalue weighted by Gasteiger charge is 2.71. The van der Waals surface area contributed by atoms with Gasteiger partial charge in [-0.15, -0.1) is 0 Å². The molecule has 0 aromatic carbocycles. The van der Waals surface area contributed by atoms with Crippen LogP contribution in [0.1, 0.15) is 93.4 Å². The van der Waals surface area contributed by atoms with E-state index in [1.54, 1.807) is 0 Å². The van der Waals surface area contributed by atoms with Crippen molar-refractivity contribution in [3.63, 3.8) is 0 Å². The summed E-state index contributed by atoms with van der Waals surface area (Å²) in [5.74, 6) is 2.35. The van der Waals surface area contributed by atoms with Gasteiger partial charge in [-0.25, -0.2) is 0 Å². The zero-order chi connectivity index (χ0) is 25.9. The number of esters is 1. The molecule has 5 nitrogen and oxygen atoms in total. The molecule has 0 heterocycles. The van der Waals surface area contributed by atoms with Crippen molar-refractivity contribution in [2.75, 3.05) is 0 Å². The number of ether oxygens (including phenoxy) is 1. The maximum Gasteiger partial charge on any atom is 0.303 e. The summed E-state index contributed by atoms with van der Waals surface area (Å²) in [6.45, 7) is 15.1. The monoisotopic (exact) mass is 490 g/mol. The van der Waals surface area contributed by atoms with E-state index in [1.807, 2.05) is 0 Å². The lowest BCUT2D eigenvalue weighted by atomic mass is 9.41. The SMILES string of the molecule is CC(=O)O[C@@H]1[C@H]2[C@@H]3CC[C@H]([C@H](C)/C=C/[C@H](C)C(C)C)[C@@]3(C)CC[C@@H]2[C@@]2(C)CCC(O)C[C@]2(O)[C@@H]1O. The van der Waals surface area contributed by atoms with Gasteiger partial charge >= 0.3 is 5.97 Å². The number of hydrogen-bond acceptors (Lipinski definition) is 5. The molecule has 4 fully saturated rings. The van der Waals surface area contributed by atoms with Crippen molar-refractivity contribution in [3.05, 3.63) is 12.2 Å². The first kappa shape index (κ1) is 27.1. The summed E-state index contributed by atoms with van der Waals surface area (Å²) in [6.07, 6.45) is 8.03. The maximum absolute atomic E-state index is 12.2. The number of rotatable bonds is 5. The average Bonchev–Trinajstić information content (AvgIpc) is 3.13. The first-order chi connectivity index (χ1) is 16.3. The Labute approximate surface area is 212 Å². The third-order valence-corrected chi connectivity index (χ3v) is 11.6. The van der Waals surface area contributed by atoms with E-state index in [-0.39, 0.29) is 23.7 Å². The van der Waals surface area contributed by atoms with Crippen LogP contribution in [-0.4, -0.2) is 45.2 Å². The maximum atomic E-state index is 12.2. The second kappa shape index (κ2) is 9.44. The number of carbonyl (C=O) groups is 1. The molecular weight excluding hydrogens is 440 g/mol. The third kappa shape index (κ3) is 4.22. The zero-order valence-corrected chi connectivity index (χ0v) is 23.0. The summed E-state index contributed by atoms with van der Waals surface area (Å²) in [4.78, 5) is 12.2. The molecule has 0 amide bonds. The summed E-state index contributed by atoms with van der Waals surface area (Å²) in [6, 6.07) is 0. The fourth-order valence-electron chi connectivity index (χ4n) is 9.17. The van der Waals surface area contributed by atoms with E-state index < -0.39 is 35.3 Å². The van der Waals surface area contributed by atoms with Crippen LogP contribution in [0, 0.1) is 52.3 Å². The molecule has 3 N–H and O–H groups in total. The fraction of sp³-hybridized carbons (Fsp3) is 0.900. The van der Waals surface area contributed by atoms with Crippen molar-refractivity contribution in [2.24, 2.45) is 52.3 Å². The van der Waals surface area contributed by atoms with E-state index in [0.717, 1.165) is 25.7 Å². The normalized spacial score (nSPS) is 49.3. The fourth-order valence-corrected chi connectivity index (χ4v) is 9.17. The van der Waals surface area contributed by atoms with Crippen LogP contribution in [0.3, 0.4) is 0 Å². The number of hydrogen-bond donors (Lipinski definition) is 3. The van der Waals surface area contributed by atoms with Gasteiger partial charge in [-0.05, 0) is 79.4 Å². The molecule has 4 rings (SSSR count). The van der Waals surface area contributed by atoms with Crippen molar-refractivity contribution in [1.29, 1.82) is 0 Å². The molecule has 200 valence electrons. The van der Waals surface area contributed by atoms with Crippen LogP contribution in [0.5, 0.6) is 0 Å². The number of aliphatic hydroxyl groups is 3. The number of allylic oxidation sites excluding steroid dienone is 2. The van der Waals surface area contributed by atoms with Crippen LogP contribution >= 0.6 is 0 Å². The van der Waals surface area contributed by atoms with Gasteiger partial charge in [0.1, 0.15) is 17.8 Å². The van der Waals surface area contributed by atoms with Crippen LogP contribution < -0.4 is 0 Å². The summed E-state index contributed by atoms with van der Waals surface area (Å²) >= 11 is 0. The number of carbonyl (C=O) groups excluding carboxylic acids is 1. The van der Waals surface area contributed by atoms with Gasteiger partial charge in [-0.3, -0.25) is 4.79 Å². The third-order valence-electron chi connectivity index (χ3n) is 11.6. The molecule has 0 saturated heterocycles. The first-order valence-electron chi connectivity index (χ1n) is 14.2. The number of aliphatic hydroxyl groups excluding tert-OH is 2. The highest BCUT2D eigenvalue weighted by atomic mass is 16.6. The lowest BCUT2D eigenvalue weighted by molar-refractivity contribution is -0.299. The van der Waals surface area contributed by atoms with Gasteiger partial charge in [0.05, 0.1) is 6.10 Å². The molecule has 12 atom stereocenters. The predicted molar refractivity (Wildman–Crippen MR) is 137 cm³/mol. The van der Waals surface area contributed by atoms with E-state index in [9.17, 15) is 20.1 Å². The Morgan fingerprint density at radius 2 is 1.66 bits per heavy atom. The Balaban J connectivity index is 1.68. The summed E-state index contributed by atoms with van der Waals surface area (Å²) < 4.78 is 5.88. The Bertz CT molecular complexity index is 824. The van der Waals surface area contributed by atoms with Crippen LogP contribution in [0.25, 0.3) is 0 Å². The Hall–Kier alpha value is -0.910. The van der Waals surface area contributed by atoms with Crippen molar-refractivity contribution in [1.82, 2.24) is 0 Å². The standard InChI is InChI=1S/C30H50O5/c1-17(2)18(3)8-9-19(4)22-10-11-23-25-24(13-14-28(22,23)6)29(7)15-12-21(32)16-30(29,34)27(33)26(25)35-20(5)31/h8-9,17-19,21-27,32-34H,10-16H2,1-7H3/b9-8+/t18-,19+,21?,22+,23-,24-,25-,26+,27+,28+,29+,30-/m0/s1. The van der Waals surface area contributed by atoms with E-state index in [1.165, 1.54) is 6.92 Å². The number of fused-ring (bicyclic) bond motifs is 5. The summed E-state index contributed by atoms with van der Waals surface area (Å²) in [5, 5.41) is 34.0. The highest BCUT2D eigenvalue weighted by Crippen LogP contribution is 2.69. The van der Waals surface area contributed by atoms with Crippen LogP contribution in [0.15, 0.2) is 12.2 Å². The second-order valence-corrected chi connectivity index (χ2v) is 13.6. The second-order valence-electron chi connectivity index (χ2n) is 13.6. The average molecular weight is 491 g/mol. The molecule has 0 bridgehead atoms. The largest absolute Gasteiger partial charge is 0.459 e. The lowest BCUT2D eigenvalue weighted by Crippen LogP contribution is -2.73. The smallest absolute Gasteiger partial charge is 0.303 e. The first-order valence-corrected chi connectivity index (χ1v) is 14.2. The van der Waals surface area contributed by atoms with Crippen LogP contribution in [-0.2, 0) is 9.53 Å². The molecule has 5 heteroatoms. The molecule has 4 saturated carbocycles. The van der Waals surface area contributed by atoms with Gasteiger partial charge in [0.25, 0.3) is 0 Å². The van der Waals surface area contributed by atoms with Gasteiger partial charge in [0, 0.05) is 24.7 Å². The van der Waals surface area contributed by atoms with Gasteiger partial charge in [0.15, 0.2) is 0 Å². The highest BCUT2D eigenvalue weighted by molar-refractivity contribution is 5.66. The molecule has 4 aliphatic rings. The Morgan fingerprint density at radius 1 is 0.971 bits per heavy atom. The summed E-state index contributed by atoms with van der Waals surface area (Å²) in [7, 11) is 0. The molecule has 0 spiro atoms. The predicted octanol–water partition coefficient (Wildman–Crippen LogP) is 5.12. The van der Waals surface area contributed by atoms with Crippen molar-refractivity contribution < 1.29 is 24.9 Å². The topological polar surface area (TPSA) is 87.0 Å². The minimum absolute atomic E-state index is 0.0314. The van der Waals surface area contributed by atoms with Gasteiger partial charge in [0.2, 0.25) is 0 Å². The van der Waals surface area contributed by atoms with E-state index in [4.69, 9.17) is 4.74 Å². The molecule has 35 heavy (non-hydrogen) atoms. The van der Waals surface area contributed by atoms with Gasteiger partial charge in [-0.1, -0.05) is 53.7 Å². The molecule has 0 radical (unpaired) electrons. The Morgan fingerprint density at radius 3 is 2.29 bits per heavy atom. The molecular formula is C30H50O5.